The Morgan fingerprint density at radius 1 is 1.00 bits per heavy atom. The van der Waals surface area contributed by atoms with E-state index < -0.39 is 5.91 Å². The number of carbonyl (C=O) groups excluding carboxylic acids is 2. The number of hydrazine groups is 1. The summed E-state index contributed by atoms with van der Waals surface area (Å²) in [5, 5.41) is 0. The fraction of sp³-hybridized carbons (Fsp3) is 0. The molecule has 0 aliphatic carbocycles. The quantitative estimate of drug-likeness (QED) is 0.802. The van der Waals surface area contributed by atoms with Crippen LogP contribution in [0.15, 0.2) is 28.1 Å². The number of hydrogen-bond acceptors (Lipinski definition) is 4. The van der Waals surface area contributed by atoms with Crippen LogP contribution in [0.1, 0.15) is 19.3 Å². The van der Waals surface area contributed by atoms with Crippen molar-refractivity contribution < 1.29 is 9.59 Å². The van der Waals surface area contributed by atoms with E-state index in [1.807, 2.05) is 0 Å². The molecule has 0 radical (unpaired) electrons. The van der Waals surface area contributed by atoms with Crippen LogP contribution in [-0.2, 0) is 0 Å². The van der Waals surface area contributed by atoms with E-state index in [1.165, 1.54) is 11.3 Å². The van der Waals surface area contributed by atoms with Crippen molar-refractivity contribution >= 4 is 62.0 Å². The van der Waals surface area contributed by atoms with Gasteiger partial charge in [0.1, 0.15) is 0 Å². The first kappa shape index (κ1) is 13.5. The normalized spacial score (nSPS) is 10.1. The molecule has 0 unspecified atom stereocenters. The number of amides is 2. The summed E-state index contributed by atoms with van der Waals surface area (Å²) in [6.07, 6.45) is 0. The SMILES string of the molecule is O=C(NNC(=O)c1ccc(Br)s1)c1ccc(Cl)s1. The molecular weight excluding hydrogens is 360 g/mol. The van der Waals surface area contributed by atoms with Gasteiger partial charge in [-0.15, -0.1) is 22.7 Å². The van der Waals surface area contributed by atoms with Crippen LogP contribution in [0.25, 0.3) is 0 Å². The van der Waals surface area contributed by atoms with Gasteiger partial charge < -0.3 is 0 Å². The van der Waals surface area contributed by atoms with Crippen molar-refractivity contribution in [3.05, 3.63) is 42.1 Å². The van der Waals surface area contributed by atoms with Crippen LogP contribution < -0.4 is 10.9 Å². The first-order valence-corrected chi connectivity index (χ1v) is 7.48. The second kappa shape index (κ2) is 5.83. The van der Waals surface area contributed by atoms with Gasteiger partial charge in [0, 0.05) is 0 Å². The highest BCUT2D eigenvalue weighted by molar-refractivity contribution is 9.11. The molecule has 0 aliphatic heterocycles. The maximum atomic E-state index is 11.6. The second-order valence-electron chi connectivity index (χ2n) is 3.12. The Hall–Kier alpha value is -0.890. The fourth-order valence-electron chi connectivity index (χ4n) is 1.11. The molecule has 94 valence electrons. The molecule has 0 saturated carbocycles. The van der Waals surface area contributed by atoms with Crippen molar-refractivity contribution in [3.8, 4) is 0 Å². The number of thiophene rings is 2. The minimum atomic E-state index is -0.393. The van der Waals surface area contributed by atoms with Gasteiger partial charge in [0.25, 0.3) is 11.8 Å². The van der Waals surface area contributed by atoms with Gasteiger partial charge in [0.05, 0.1) is 17.9 Å². The number of halogens is 2. The van der Waals surface area contributed by atoms with Gasteiger partial charge in [-0.3, -0.25) is 20.4 Å². The summed E-state index contributed by atoms with van der Waals surface area (Å²) in [6, 6.07) is 6.65. The van der Waals surface area contributed by atoms with Gasteiger partial charge >= 0.3 is 0 Å². The molecule has 2 heterocycles. The van der Waals surface area contributed by atoms with Gasteiger partial charge in [-0.1, -0.05) is 11.6 Å². The highest BCUT2D eigenvalue weighted by Gasteiger charge is 2.12. The molecule has 18 heavy (non-hydrogen) atoms. The van der Waals surface area contributed by atoms with Crippen LogP contribution >= 0.6 is 50.2 Å². The van der Waals surface area contributed by atoms with Crippen molar-refractivity contribution in [1.82, 2.24) is 10.9 Å². The summed E-state index contributed by atoms with van der Waals surface area (Å²) in [6.45, 7) is 0. The molecule has 2 amide bonds. The molecule has 0 aromatic carbocycles. The third-order valence-corrected chi connectivity index (χ3v) is 4.74. The summed E-state index contributed by atoms with van der Waals surface area (Å²) >= 11 is 11.4. The molecule has 2 aromatic rings. The molecule has 4 nitrogen and oxygen atoms in total. The van der Waals surface area contributed by atoms with E-state index in [4.69, 9.17) is 11.6 Å². The van der Waals surface area contributed by atoms with Gasteiger partial charge in [0.2, 0.25) is 0 Å². The van der Waals surface area contributed by atoms with Crippen LogP contribution in [0.2, 0.25) is 4.34 Å². The predicted octanol–water partition coefficient (Wildman–Crippen LogP) is 3.30. The highest BCUT2D eigenvalue weighted by atomic mass is 79.9. The summed E-state index contributed by atoms with van der Waals surface area (Å²) < 4.78 is 1.37. The predicted molar refractivity (Wildman–Crippen MR) is 76.3 cm³/mol. The van der Waals surface area contributed by atoms with Crippen molar-refractivity contribution in [3.63, 3.8) is 0 Å². The Kier molecular flexibility index (Phi) is 4.39. The van der Waals surface area contributed by atoms with E-state index >= 15 is 0 Å². The van der Waals surface area contributed by atoms with Crippen LogP contribution in [0.3, 0.4) is 0 Å². The van der Waals surface area contributed by atoms with Gasteiger partial charge in [-0.05, 0) is 40.2 Å². The maximum Gasteiger partial charge on any atom is 0.279 e. The topological polar surface area (TPSA) is 58.2 Å². The third-order valence-electron chi connectivity index (χ3n) is 1.88. The van der Waals surface area contributed by atoms with Gasteiger partial charge in [0.15, 0.2) is 0 Å². The zero-order chi connectivity index (χ0) is 13.1. The molecule has 0 spiro atoms. The van der Waals surface area contributed by atoms with E-state index in [-0.39, 0.29) is 5.91 Å². The molecular formula is C10H6BrClN2O2S2. The molecule has 0 atom stereocenters. The van der Waals surface area contributed by atoms with Crippen LogP contribution in [-0.4, -0.2) is 11.8 Å². The number of carbonyl (C=O) groups is 2. The maximum absolute atomic E-state index is 11.6. The minimum Gasteiger partial charge on any atom is -0.266 e. The minimum absolute atomic E-state index is 0.360. The number of rotatable bonds is 2. The standard InChI is InChI=1S/C10H6BrClN2O2S2/c11-7-3-1-5(17-7)9(15)13-14-10(16)6-2-4-8(12)18-6/h1-4H,(H,13,15)(H,14,16). The molecule has 2 rings (SSSR count). The number of nitrogens with one attached hydrogen (secondary N) is 2. The zero-order valence-corrected chi connectivity index (χ0v) is 12.7. The van der Waals surface area contributed by atoms with Crippen molar-refractivity contribution in [2.24, 2.45) is 0 Å². The first-order valence-electron chi connectivity index (χ1n) is 4.67. The lowest BCUT2D eigenvalue weighted by Gasteiger charge is -2.04. The zero-order valence-electron chi connectivity index (χ0n) is 8.70. The summed E-state index contributed by atoms with van der Waals surface area (Å²) in [5.74, 6) is -0.752. The monoisotopic (exact) mass is 364 g/mol. The average molecular weight is 366 g/mol. The smallest absolute Gasteiger partial charge is 0.266 e. The second-order valence-corrected chi connectivity index (χ2v) is 7.29. The molecule has 2 aromatic heterocycles. The fourth-order valence-corrected chi connectivity index (χ4v) is 3.33. The van der Waals surface area contributed by atoms with Crippen LogP contribution in [0, 0.1) is 0 Å². The Bertz CT molecular complexity index is 544. The molecule has 8 heteroatoms. The molecule has 0 fully saturated rings. The van der Waals surface area contributed by atoms with E-state index in [0.29, 0.717) is 14.1 Å². The summed E-state index contributed by atoms with van der Waals surface area (Å²) in [5.41, 5.74) is 4.66. The first-order chi connectivity index (χ1) is 8.56. The van der Waals surface area contributed by atoms with E-state index in [0.717, 1.165) is 15.1 Å². The lowest BCUT2D eigenvalue weighted by atomic mass is 10.4. The lowest BCUT2D eigenvalue weighted by Crippen LogP contribution is -2.41. The van der Waals surface area contributed by atoms with E-state index in [2.05, 4.69) is 26.8 Å². The average Bonchev–Trinajstić information content (AvgIpc) is 2.94. The summed E-state index contributed by atoms with van der Waals surface area (Å²) in [4.78, 5) is 24.2. The molecule has 0 aliphatic rings. The van der Waals surface area contributed by atoms with Gasteiger partial charge in [-0.2, -0.15) is 0 Å². The molecule has 0 bridgehead atoms. The van der Waals surface area contributed by atoms with Crippen molar-refractivity contribution in [2.45, 2.75) is 0 Å². The Labute approximate surface area is 124 Å². The van der Waals surface area contributed by atoms with E-state index in [9.17, 15) is 9.59 Å². The Morgan fingerprint density at radius 3 is 2.00 bits per heavy atom. The van der Waals surface area contributed by atoms with Crippen LogP contribution in [0.5, 0.6) is 0 Å². The largest absolute Gasteiger partial charge is 0.279 e. The molecule has 0 saturated heterocycles. The number of hydrogen-bond donors (Lipinski definition) is 2. The molecule has 2 N–H and O–H groups in total. The van der Waals surface area contributed by atoms with Crippen molar-refractivity contribution in [2.75, 3.05) is 0 Å². The van der Waals surface area contributed by atoms with Crippen molar-refractivity contribution in [1.29, 1.82) is 0 Å². The lowest BCUT2D eigenvalue weighted by molar-refractivity contribution is 0.0851. The highest BCUT2D eigenvalue weighted by Crippen LogP contribution is 2.22. The van der Waals surface area contributed by atoms with E-state index in [1.54, 1.807) is 24.3 Å². The van der Waals surface area contributed by atoms with Crippen LogP contribution in [0.4, 0.5) is 0 Å². The summed E-state index contributed by atoms with van der Waals surface area (Å²) in [7, 11) is 0. The Morgan fingerprint density at radius 2 is 1.56 bits per heavy atom. The Balaban J connectivity index is 1.92. The van der Waals surface area contributed by atoms with Gasteiger partial charge in [-0.25, -0.2) is 0 Å². The third kappa shape index (κ3) is 3.32.